The second-order valence-corrected chi connectivity index (χ2v) is 8.39. The Balaban J connectivity index is 1.83. The third-order valence-corrected chi connectivity index (χ3v) is 7.20. The molecule has 134 valence electrons. The van der Waals surface area contributed by atoms with Gasteiger partial charge in [-0.05, 0) is 61.9 Å². The van der Waals surface area contributed by atoms with E-state index in [0.717, 1.165) is 44.1 Å². The molecule has 0 aromatic carbocycles. The quantitative estimate of drug-likeness (QED) is 0.613. The van der Waals surface area contributed by atoms with Crippen LogP contribution in [0.2, 0.25) is 0 Å². The Bertz CT molecular complexity index is 566. The van der Waals surface area contributed by atoms with Gasteiger partial charge in [-0.1, -0.05) is 26.0 Å². The molecular weight excluding hydrogens is 304 g/mol. The van der Waals surface area contributed by atoms with Gasteiger partial charge in [0.25, 0.3) is 0 Å². The number of cyclic esters (lactones) is 1. The fourth-order valence-electron chi connectivity index (χ4n) is 5.63. The molecule has 3 rings (SSSR count). The van der Waals surface area contributed by atoms with Crippen LogP contribution in [0.15, 0.2) is 23.8 Å². The van der Waals surface area contributed by atoms with Gasteiger partial charge in [0.1, 0.15) is 6.61 Å². The Morgan fingerprint density at radius 2 is 2.12 bits per heavy atom. The minimum absolute atomic E-state index is 0.0189. The Labute approximate surface area is 144 Å². The zero-order valence-electron chi connectivity index (χ0n) is 14.9. The third kappa shape index (κ3) is 2.64. The molecule has 1 aliphatic heterocycles. The first kappa shape index (κ1) is 17.7. The van der Waals surface area contributed by atoms with Crippen molar-refractivity contribution in [3.05, 3.63) is 23.8 Å². The van der Waals surface area contributed by atoms with Gasteiger partial charge in [0.05, 0.1) is 12.7 Å². The van der Waals surface area contributed by atoms with Crippen LogP contribution in [0.1, 0.15) is 52.4 Å². The van der Waals surface area contributed by atoms with E-state index in [1.165, 1.54) is 5.57 Å². The molecule has 0 spiro atoms. The van der Waals surface area contributed by atoms with E-state index >= 15 is 0 Å². The highest BCUT2D eigenvalue weighted by molar-refractivity contribution is 5.90. The van der Waals surface area contributed by atoms with Crippen molar-refractivity contribution in [2.75, 3.05) is 13.2 Å². The molecule has 2 fully saturated rings. The molecule has 24 heavy (non-hydrogen) atoms. The van der Waals surface area contributed by atoms with Crippen molar-refractivity contribution >= 4 is 5.97 Å². The van der Waals surface area contributed by atoms with Gasteiger partial charge in [-0.2, -0.15) is 0 Å². The Morgan fingerprint density at radius 3 is 2.75 bits per heavy atom. The average Bonchev–Trinajstić information content (AvgIpc) is 2.96. The molecule has 2 saturated carbocycles. The van der Waals surface area contributed by atoms with Crippen LogP contribution in [0.5, 0.6) is 0 Å². The van der Waals surface area contributed by atoms with E-state index in [-0.39, 0.29) is 23.9 Å². The standard InChI is InChI=1S/C20H30O4/c1-13-4-7-16-19(2,10-8-17(22)20(16,3)12-21)15(13)6-5-14-9-11-24-18(14)23/h9,15-17,21-22H,1,4-8,10-12H2,2-3H3/t15?,16?,17?,19-,20-/m0/s1. The first-order chi connectivity index (χ1) is 11.3. The van der Waals surface area contributed by atoms with Crippen LogP contribution in [-0.4, -0.2) is 35.5 Å². The van der Waals surface area contributed by atoms with Crippen molar-refractivity contribution in [3.8, 4) is 0 Å². The lowest BCUT2D eigenvalue weighted by molar-refractivity contribution is -0.152. The summed E-state index contributed by atoms with van der Waals surface area (Å²) in [6.07, 6.45) is 6.64. The monoisotopic (exact) mass is 334 g/mol. The van der Waals surface area contributed by atoms with E-state index in [1.807, 2.05) is 13.0 Å². The summed E-state index contributed by atoms with van der Waals surface area (Å²) in [6.45, 7) is 9.07. The molecule has 3 unspecified atom stereocenters. The second-order valence-electron chi connectivity index (χ2n) is 8.39. The SMILES string of the molecule is C=C1CCC2[C@@](C)(CCC(O)[C@@]2(C)CO)C1CCC1=CCOC1=O. The Hall–Kier alpha value is -1.13. The molecule has 0 bridgehead atoms. The first-order valence-electron chi connectivity index (χ1n) is 9.15. The predicted octanol–water partition coefficient (Wildman–Crippen LogP) is 2.99. The molecule has 5 atom stereocenters. The zero-order valence-corrected chi connectivity index (χ0v) is 14.9. The van der Waals surface area contributed by atoms with Gasteiger partial charge in [-0.3, -0.25) is 0 Å². The second kappa shape index (κ2) is 6.30. The molecule has 4 nitrogen and oxygen atoms in total. The van der Waals surface area contributed by atoms with Crippen LogP contribution in [-0.2, 0) is 9.53 Å². The summed E-state index contributed by atoms with van der Waals surface area (Å²) >= 11 is 0. The summed E-state index contributed by atoms with van der Waals surface area (Å²) in [5.74, 6) is 0.417. The maximum absolute atomic E-state index is 11.7. The Morgan fingerprint density at radius 1 is 1.38 bits per heavy atom. The third-order valence-electron chi connectivity index (χ3n) is 7.20. The highest BCUT2D eigenvalue weighted by Gasteiger charge is 2.57. The van der Waals surface area contributed by atoms with E-state index in [1.54, 1.807) is 0 Å². The Kier molecular flexibility index (Phi) is 4.65. The summed E-state index contributed by atoms with van der Waals surface area (Å²) < 4.78 is 5.01. The molecule has 3 aliphatic rings. The van der Waals surface area contributed by atoms with Gasteiger partial charge < -0.3 is 14.9 Å². The summed E-state index contributed by atoms with van der Waals surface area (Å²) in [6, 6.07) is 0. The van der Waals surface area contributed by atoms with Crippen LogP contribution in [0.25, 0.3) is 0 Å². The van der Waals surface area contributed by atoms with Crippen molar-refractivity contribution in [2.45, 2.75) is 58.5 Å². The number of esters is 1. The van der Waals surface area contributed by atoms with Crippen LogP contribution in [0, 0.1) is 22.7 Å². The lowest BCUT2D eigenvalue weighted by Gasteiger charge is -2.60. The number of fused-ring (bicyclic) bond motifs is 1. The number of ether oxygens (including phenoxy) is 1. The van der Waals surface area contributed by atoms with Gasteiger partial charge in [0.15, 0.2) is 0 Å². The van der Waals surface area contributed by atoms with Gasteiger partial charge in [0.2, 0.25) is 0 Å². The number of aliphatic hydroxyl groups is 2. The predicted molar refractivity (Wildman–Crippen MR) is 92.2 cm³/mol. The van der Waals surface area contributed by atoms with Crippen molar-refractivity contribution in [1.29, 1.82) is 0 Å². The molecule has 0 amide bonds. The summed E-state index contributed by atoms with van der Waals surface area (Å²) in [5.41, 5.74) is 1.62. The fourth-order valence-corrected chi connectivity index (χ4v) is 5.63. The van der Waals surface area contributed by atoms with Crippen molar-refractivity contribution in [1.82, 2.24) is 0 Å². The summed E-state index contributed by atoms with van der Waals surface area (Å²) in [4.78, 5) is 11.7. The zero-order chi connectivity index (χ0) is 17.5. The van der Waals surface area contributed by atoms with Gasteiger partial charge in [-0.15, -0.1) is 0 Å². The van der Waals surface area contributed by atoms with Crippen molar-refractivity contribution < 1.29 is 19.7 Å². The van der Waals surface area contributed by atoms with Gasteiger partial charge >= 0.3 is 5.97 Å². The minimum atomic E-state index is -0.447. The molecule has 0 radical (unpaired) electrons. The largest absolute Gasteiger partial charge is 0.458 e. The minimum Gasteiger partial charge on any atom is -0.458 e. The van der Waals surface area contributed by atoms with E-state index in [2.05, 4.69) is 13.5 Å². The van der Waals surface area contributed by atoms with Gasteiger partial charge in [-0.25, -0.2) is 4.79 Å². The van der Waals surface area contributed by atoms with Crippen LogP contribution < -0.4 is 0 Å². The number of carbonyl (C=O) groups is 1. The average molecular weight is 334 g/mol. The van der Waals surface area contributed by atoms with Crippen molar-refractivity contribution in [3.63, 3.8) is 0 Å². The maximum atomic E-state index is 11.7. The van der Waals surface area contributed by atoms with Crippen molar-refractivity contribution in [2.24, 2.45) is 22.7 Å². The number of hydrogen-bond acceptors (Lipinski definition) is 4. The number of hydrogen-bond donors (Lipinski definition) is 2. The number of aliphatic hydroxyl groups excluding tert-OH is 2. The van der Waals surface area contributed by atoms with Crippen LogP contribution >= 0.6 is 0 Å². The molecule has 4 heteroatoms. The van der Waals surface area contributed by atoms with E-state index in [9.17, 15) is 15.0 Å². The highest BCUT2D eigenvalue weighted by Crippen LogP contribution is 2.61. The molecule has 1 heterocycles. The first-order valence-corrected chi connectivity index (χ1v) is 9.15. The smallest absolute Gasteiger partial charge is 0.334 e. The van der Waals surface area contributed by atoms with Crippen LogP contribution in [0.4, 0.5) is 0 Å². The maximum Gasteiger partial charge on any atom is 0.334 e. The molecule has 0 saturated heterocycles. The molecule has 2 N–H and O–H groups in total. The lowest BCUT2D eigenvalue weighted by atomic mass is 9.46. The molecule has 0 aromatic rings. The molecule has 0 aromatic heterocycles. The number of allylic oxidation sites excluding steroid dienone is 1. The summed E-state index contributed by atoms with van der Waals surface area (Å²) in [5, 5.41) is 20.5. The molecule has 2 aliphatic carbocycles. The fraction of sp³-hybridized carbons (Fsp3) is 0.750. The number of carbonyl (C=O) groups excluding carboxylic acids is 1. The molecular formula is C20H30O4. The topological polar surface area (TPSA) is 66.8 Å². The van der Waals surface area contributed by atoms with E-state index < -0.39 is 11.5 Å². The van der Waals surface area contributed by atoms with E-state index in [4.69, 9.17) is 4.74 Å². The lowest BCUT2D eigenvalue weighted by Crippen LogP contribution is -2.57. The summed E-state index contributed by atoms with van der Waals surface area (Å²) in [7, 11) is 0. The van der Waals surface area contributed by atoms with E-state index in [0.29, 0.717) is 12.5 Å². The van der Waals surface area contributed by atoms with Crippen LogP contribution in [0.3, 0.4) is 0 Å². The normalized spacial score (nSPS) is 42.5. The number of rotatable bonds is 4. The van der Waals surface area contributed by atoms with Gasteiger partial charge in [0, 0.05) is 11.0 Å². The highest BCUT2D eigenvalue weighted by atomic mass is 16.5.